The first-order valence-electron chi connectivity index (χ1n) is 6.84. The number of nitrogens with zero attached hydrogens (tertiary/aromatic N) is 1. The zero-order valence-electron chi connectivity index (χ0n) is 11.7. The lowest BCUT2D eigenvalue weighted by molar-refractivity contribution is 0.133. The molecule has 1 aliphatic rings. The van der Waals surface area contributed by atoms with Crippen LogP contribution in [0.3, 0.4) is 0 Å². The predicted octanol–water partition coefficient (Wildman–Crippen LogP) is 3.93. The minimum Gasteiger partial charge on any atom is -0.319 e. The van der Waals surface area contributed by atoms with E-state index in [1.54, 1.807) is 19.1 Å². The van der Waals surface area contributed by atoms with Crippen LogP contribution < -0.4 is 5.32 Å². The summed E-state index contributed by atoms with van der Waals surface area (Å²) in [6.45, 7) is 5.83. The van der Waals surface area contributed by atoms with Gasteiger partial charge in [-0.1, -0.05) is 6.07 Å². The summed E-state index contributed by atoms with van der Waals surface area (Å²) >= 11 is 0. The molecule has 19 heavy (non-hydrogen) atoms. The van der Waals surface area contributed by atoms with Crippen molar-refractivity contribution in [1.82, 2.24) is 4.90 Å². The molecular weight excluding hydrogens is 243 g/mol. The number of carbonyl (C=O) groups excluding carboxylic acids is 1. The quantitative estimate of drug-likeness (QED) is 0.819. The summed E-state index contributed by atoms with van der Waals surface area (Å²) in [5.74, 6) is -0.294. The molecule has 4 heteroatoms. The Bertz CT molecular complexity index is 465. The fraction of sp³-hybridized carbons (Fsp3) is 0.533. The molecule has 1 fully saturated rings. The van der Waals surface area contributed by atoms with Gasteiger partial charge in [0.05, 0.1) is 0 Å². The Morgan fingerprint density at radius 3 is 2.53 bits per heavy atom. The number of halogens is 1. The van der Waals surface area contributed by atoms with Crippen LogP contribution in [0.4, 0.5) is 14.9 Å². The van der Waals surface area contributed by atoms with E-state index in [1.165, 1.54) is 6.07 Å². The molecule has 0 radical (unpaired) electrons. The highest BCUT2D eigenvalue weighted by molar-refractivity contribution is 5.89. The molecule has 0 aliphatic carbocycles. The molecule has 2 atom stereocenters. The maximum Gasteiger partial charge on any atom is 0.322 e. The highest BCUT2D eigenvalue weighted by Gasteiger charge is 2.28. The van der Waals surface area contributed by atoms with E-state index in [0.29, 0.717) is 11.3 Å². The normalized spacial score (nSPS) is 23.3. The Hall–Kier alpha value is -1.58. The molecule has 104 valence electrons. The minimum absolute atomic E-state index is 0.136. The van der Waals surface area contributed by atoms with Crippen LogP contribution in [-0.4, -0.2) is 23.0 Å². The first-order valence-corrected chi connectivity index (χ1v) is 6.84. The van der Waals surface area contributed by atoms with Crippen LogP contribution in [-0.2, 0) is 0 Å². The Balaban J connectivity index is 2.09. The van der Waals surface area contributed by atoms with E-state index in [-0.39, 0.29) is 23.9 Å². The monoisotopic (exact) mass is 264 g/mol. The van der Waals surface area contributed by atoms with Crippen molar-refractivity contribution < 1.29 is 9.18 Å². The number of benzene rings is 1. The van der Waals surface area contributed by atoms with Gasteiger partial charge in [0.2, 0.25) is 0 Å². The molecule has 3 nitrogen and oxygen atoms in total. The summed E-state index contributed by atoms with van der Waals surface area (Å²) in [4.78, 5) is 14.1. The van der Waals surface area contributed by atoms with Crippen LogP contribution in [0.15, 0.2) is 18.2 Å². The molecule has 1 aromatic rings. The molecule has 1 N–H and O–H groups in total. The van der Waals surface area contributed by atoms with Crippen molar-refractivity contribution in [3.63, 3.8) is 0 Å². The molecule has 1 aliphatic heterocycles. The van der Waals surface area contributed by atoms with Crippen molar-refractivity contribution >= 4 is 11.7 Å². The summed E-state index contributed by atoms with van der Waals surface area (Å²) in [6.07, 6.45) is 3.21. The number of hydrogen-bond acceptors (Lipinski definition) is 1. The molecule has 0 bridgehead atoms. The summed E-state index contributed by atoms with van der Waals surface area (Å²) in [7, 11) is 0. The molecule has 2 amide bonds. The highest BCUT2D eigenvalue weighted by atomic mass is 19.1. The lowest BCUT2D eigenvalue weighted by Crippen LogP contribution is -2.49. The van der Waals surface area contributed by atoms with Crippen molar-refractivity contribution in [1.29, 1.82) is 0 Å². The van der Waals surface area contributed by atoms with Gasteiger partial charge in [0.15, 0.2) is 0 Å². The largest absolute Gasteiger partial charge is 0.322 e. The average molecular weight is 264 g/mol. The van der Waals surface area contributed by atoms with Crippen molar-refractivity contribution in [3.05, 3.63) is 29.6 Å². The van der Waals surface area contributed by atoms with Gasteiger partial charge in [0.25, 0.3) is 0 Å². The second-order valence-corrected chi connectivity index (χ2v) is 5.43. The van der Waals surface area contributed by atoms with E-state index in [4.69, 9.17) is 0 Å². The predicted molar refractivity (Wildman–Crippen MR) is 74.8 cm³/mol. The Morgan fingerprint density at radius 1 is 1.32 bits per heavy atom. The van der Waals surface area contributed by atoms with E-state index in [9.17, 15) is 9.18 Å². The number of nitrogens with one attached hydrogen (secondary N) is 1. The summed E-state index contributed by atoms with van der Waals surface area (Å²) in [5, 5.41) is 2.79. The maximum absolute atomic E-state index is 13.5. The number of piperidine rings is 1. The second kappa shape index (κ2) is 5.59. The van der Waals surface area contributed by atoms with E-state index in [2.05, 4.69) is 19.2 Å². The third kappa shape index (κ3) is 3.06. The van der Waals surface area contributed by atoms with Gasteiger partial charge in [-0.2, -0.15) is 0 Å². The van der Waals surface area contributed by atoms with Gasteiger partial charge >= 0.3 is 6.03 Å². The first kappa shape index (κ1) is 13.8. The van der Waals surface area contributed by atoms with Gasteiger partial charge in [-0.15, -0.1) is 0 Å². The Labute approximate surface area is 113 Å². The molecule has 0 unspecified atom stereocenters. The molecule has 0 spiro atoms. The molecule has 1 aromatic carbocycles. The topological polar surface area (TPSA) is 32.3 Å². The van der Waals surface area contributed by atoms with E-state index in [0.717, 1.165) is 19.3 Å². The summed E-state index contributed by atoms with van der Waals surface area (Å²) in [5.41, 5.74) is 1.09. The summed E-state index contributed by atoms with van der Waals surface area (Å²) in [6, 6.07) is 5.11. The second-order valence-electron chi connectivity index (χ2n) is 5.43. The average Bonchev–Trinajstić information content (AvgIpc) is 2.33. The Kier molecular flexibility index (Phi) is 4.08. The van der Waals surface area contributed by atoms with Gasteiger partial charge in [0.1, 0.15) is 5.82 Å². The lowest BCUT2D eigenvalue weighted by Gasteiger charge is -2.38. The van der Waals surface area contributed by atoms with Crippen LogP contribution in [0.25, 0.3) is 0 Å². The number of carbonyl (C=O) groups is 1. The fourth-order valence-corrected chi connectivity index (χ4v) is 2.68. The van der Waals surface area contributed by atoms with Crippen LogP contribution in [0, 0.1) is 12.7 Å². The van der Waals surface area contributed by atoms with Gasteiger partial charge in [-0.25, -0.2) is 9.18 Å². The molecule has 1 saturated heterocycles. The molecule has 2 rings (SSSR count). The van der Waals surface area contributed by atoms with Gasteiger partial charge < -0.3 is 10.2 Å². The lowest BCUT2D eigenvalue weighted by atomic mass is 9.98. The standard InChI is InChI=1S/C15H21FN2O/c1-10-7-8-13(9-14(10)16)17-15(19)18-11(2)5-4-6-12(18)3/h7-9,11-12H,4-6H2,1-3H3,(H,17,19)/t11-,12-/m1/s1. The van der Waals surface area contributed by atoms with Crippen molar-refractivity contribution in [2.24, 2.45) is 0 Å². The zero-order chi connectivity index (χ0) is 14.0. The molecule has 1 heterocycles. The number of aryl methyl sites for hydroxylation is 1. The molecule has 0 saturated carbocycles. The highest BCUT2D eigenvalue weighted by Crippen LogP contribution is 2.23. The third-order valence-corrected chi connectivity index (χ3v) is 3.85. The summed E-state index contributed by atoms with van der Waals surface area (Å²) < 4.78 is 13.5. The van der Waals surface area contributed by atoms with Crippen molar-refractivity contribution in [2.75, 3.05) is 5.32 Å². The van der Waals surface area contributed by atoms with Crippen LogP contribution in [0.2, 0.25) is 0 Å². The van der Waals surface area contributed by atoms with Gasteiger partial charge in [0, 0.05) is 17.8 Å². The van der Waals surface area contributed by atoms with E-state index >= 15 is 0 Å². The maximum atomic E-state index is 13.5. The minimum atomic E-state index is -0.294. The van der Waals surface area contributed by atoms with Gasteiger partial charge in [-0.3, -0.25) is 0 Å². The first-order chi connectivity index (χ1) is 8.99. The number of rotatable bonds is 1. The van der Waals surface area contributed by atoms with Crippen molar-refractivity contribution in [3.8, 4) is 0 Å². The Morgan fingerprint density at radius 2 is 1.95 bits per heavy atom. The van der Waals surface area contributed by atoms with Crippen LogP contribution in [0.5, 0.6) is 0 Å². The molecule has 0 aromatic heterocycles. The van der Waals surface area contributed by atoms with E-state index in [1.807, 2.05) is 4.90 Å². The van der Waals surface area contributed by atoms with Crippen LogP contribution >= 0.6 is 0 Å². The zero-order valence-corrected chi connectivity index (χ0v) is 11.7. The van der Waals surface area contributed by atoms with Crippen molar-refractivity contribution in [2.45, 2.75) is 52.1 Å². The van der Waals surface area contributed by atoms with E-state index < -0.39 is 0 Å². The SMILES string of the molecule is Cc1ccc(NC(=O)N2[C@H](C)CCC[C@H]2C)cc1F. The third-order valence-electron chi connectivity index (χ3n) is 3.85. The smallest absolute Gasteiger partial charge is 0.319 e. The number of amides is 2. The number of urea groups is 1. The van der Waals surface area contributed by atoms with Gasteiger partial charge in [-0.05, 0) is 57.7 Å². The number of likely N-dealkylation sites (tertiary alicyclic amines) is 1. The number of anilines is 1. The number of hydrogen-bond donors (Lipinski definition) is 1. The molecular formula is C15H21FN2O. The fourth-order valence-electron chi connectivity index (χ4n) is 2.68. The van der Waals surface area contributed by atoms with Crippen LogP contribution in [0.1, 0.15) is 38.7 Å².